The van der Waals surface area contributed by atoms with Gasteiger partial charge in [-0.15, -0.1) is 0 Å². The Labute approximate surface area is 128 Å². The number of nitrogens with one attached hydrogen (secondary N) is 2. The molecule has 0 aromatic heterocycles. The Morgan fingerprint density at radius 1 is 1.32 bits per heavy atom. The summed E-state index contributed by atoms with van der Waals surface area (Å²) < 4.78 is 13.2. The van der Waals surface area contributed by atoms with Crippen LogP contribution in [0.25, 0.3) is 10.8 Å². The highest BCUT2D eigenvalue weighted by atomic mass is 19.1. The second-order valence-corrected chi connectivity index (χ2v) is 5.83. The Morgan fingerprint density at radius 2 is 2.05 bits per heavy atom. The number of halogens is 1. The fraction of sp³-hybridized carbons (Fsp3) is 0.353. The molecule has 116 valence electrons. The van der Waals surface area contributed by atoms with E-state index in [1.165, 1.54) is 12.1 Å². The molecular weight excluding hydrogens is 283 g/mol. The van der Waals surface area contributed by atoms with Crippen LogP contribution in [0.2, 0.25) is 0 Å². The van der Waals surface area contributed by atoms with Gasteiger partial charge in [-0.3, -0.25) is 4.79 Å². The monoisotopic (exact) mass is 302 g/mol. The predicted octanol–water partition coefficient (Wildman–Crippen LogP) is 1.88. The number of amides is 1. The van der Waals surface area contributed by atoms with Crippen molar-refractivity contribution >= 4 is 16.7 Å². The van der Waals surface area contributed by atoms with Crippen LogP contribution < -0.4 is 10.6 Å². The average Bonchev–Trinajstić information content (AvgIpc) is 2.93. The van der Waals surface area contributed by atoms with Crippen LogP contribution in [0, 0.1) is 5.82 Å². The quantitative estimate of drug-likeness (QED) is 0.811. The number of carbonyl (C=O) groups excluding carboxylic acids is 1. The normalized spacial score (nSPS) is 22.7. The molecule has 1 fully saturated rings. The molecule has 0 saturated carbocycles. The van der Waals surface area contributed by atoms with Gasteiger partial charge in [0, 0.05) is 6.54 Å². The van der Waals surface area contributed by atoms with E-state index in [9.17, 15) is 14.3 Å². The Hall–Kier alpha value is -1.98. The molecule has 3 rings (SSSR count). The summed E-state index contributed by atoms with van der Waals surface area (Å²) in [5, 5.41) is 17.2. The summed E-state index contributed by atoms with van der Waals surface area (Å²) in [6.45, 7) is 2.36. The van der Waals surface area contributed by atoms with E-state index in [0.29, 0.717) is 13.0 Å². The number of carbonyl (C=O) groups is 1. The summed E-state index contributed by atoms with van der Waals surface area (Å²) in [4.78, 5) is 12.1. The number of hydrogen-bond donors (Lipinski definition) is 3. The van der Waals surface area contributed by atoms with E-state index in [1.54, 1.807) is 6.07 Å². The molecule has 22 heavy (non-hydrogen) atoms. The number of benzene rings is 2. The second-order valence-electron chi connectivity index (χ2n) is 5.83. The summed E-state index contributed by atoms with van der Waals surface area (Å²) in [6, 6.07) is 9.87. The van der Waals surface area contributed by atoms with Gasteiger partial charge in [-0.25, -0.2) is 4.39 Å². The molecule has 1 saturated heterocycles. The lowest BCUT2D eigenvalue weighted by Gasteiger charge is -2.18. The molecule has 0 radical (unpaired) electrons. The van der Waals surface area contributed by atoms with Crippen molar-refractivity contribution in [2.24, 2.45) is 0 Å². The number of β-amino-alcohol motifs (C(OH)–C–C–N with tert-alkyl or cyclic N) is 1. The van der Waals surface area contributed by atoms with E-state index in [1.807, 2.05) is 25.1 Å². The summed E-state index contributed by atoms with van der Waals surface area (Å²) in [5.41, 5.74) is 0.964. The molecule has 2 aromatic rings. The maximum absolute atomic E-state index is 13.2. The van der Waals surface area contributed by atoms with Gasteiger partial charge in [0.25, 0.3) is 0 Å². The lowest BCUT2D eigenvalue weighted by atomic mass is 10.0. The zero-order valence-corrected chi connectivity index (χ0v) is 12.3. The van der Waals surface area contributed by atoms with Crippen molar-refractivity contribution in [3.05, 3.63) is 47.8 Å². The molecule has 1 heterocycles. The van der Waals surface area contributed by atoms with Gasteiger partial charge in [0.15, 0.2) is 0 Å². The highest BCUT2D eigenvalue weighted by molar-refractivity contribution is 5.84. The van der Waals surface area contributed by atoms with Crippen molar-refractivity contribution < 1.29 is 14.3 Å². The molecule has 4 nitrogen and oxygen atoms in total. The Kier molecular flexibility index (Phi) is 4.09. The van der Waals surface area contributed by atoms with Crippen molar-refractivity contribution in [1.29, 1.82) is 0 Å². The molecule has 0 unspecified atom stereocenters. The number of fused-ring (bicyclic) bond motifs is 1. The van der Waals surface area contributed by atoms with E-state index in [2.05, 4.69) is 10.6 Å². The van der Waals surface area contributed by atoms with Crippen molar-refractivity contribution in [2.45, 2.75) is 31.5 Å². The second kappa shape index (κ2) is 6.02. The third-order valence-electron chi connectivity index (χ3n) is 4.11. The van der Waals surface area contributed by atoms with E-state index >= 15 is 0 Å². The van der Waals surface area contributed by atoms with Crippen LogP contribution in [0.3, 0.4) is 0 Å². The van der Waals surface area contributed by atoms with Gasteiger partial charge in [0.05, 0.1) is 18.2 Å². The minimum absolute atomic E-state index is 0.108. The molecule has 1 amide bonds. The molecule has 2 aromatic carbocycles. The van der Waals surface area contributed by atoms with E-state index < -0.39 is 6.10 Å². The Balaban J connectivity index is 1.73. The fourth-order valence-electron chi connectivity index (χ4n) is 2.82. The van der Waals surface area contributed by atoms with Gasteiger partial charge in [-0.1, -0.05) is 18.2 Å². The molecular formula is C17H19FN2O2. The summed E-state index contributed by atoms with van der Waals surface area (Å²) in [5.74, 6) is -0.365. The first-order valence-electron chi connectivity index (χ1n) is 7.44. The molecule has 1 aliphatic heterocycles. The third kappa shape index (κ3) is 3.10. The molecule has 5 heteroatoms. The van der Waals surface area contributed by atoms with Crippen LogP contribution in [-0.2, 0) is 4.79 Å². The van der Waals surface area contributed by atoms with Crippen molar-refractivity contribution in [1.82, 2.24) is 10.6 Å². The molecule has 0 spiro atoms. The van der Waals surface area contributed by atoms with Gasteiger partial charge in [-0.05, 0) is 47.9 Å². The fourth-order valence-corrected chi connectivity index (χ4v) is 2.82. The third-order valence-corrected chi connectivity index (χ3v) is 4.11. The maximum atomic E-state index is 13.2. The molecule has 3 atom stereocenters. The van der Waals surface area contributed by atoms with Crippen LogP contribution in [0.15, 0.2) is 36.4 Å². The standard InChI is InChI=1S/C17H19FN2O2/c1-10(20-17(22)16-8-15(21)9-19-16)11-2-3-13-7-14(18)5-4-12(13)6-11/h2-7,10,15-16,19,21H,8-9H2,1H3,(H,20,22)/t10-,15+,16-/m0/s1. The molecule has 3 N–H and O–H groups in total. The van der Waals surface area contributed by atoms with Gasteiger partial charge >= 0.3 is 0 Å². The smallest absolute Gasteiger partial charge is 0.237 e. The molecule has 0 bridgehead atoms. The zero-order valence-electron chi connectivity index (χ0n) is 12.3. The maximum Gasteiger partial charge on any atom is 0.237 e. The zero-order chi connectivity index (χ0) is 15.7. The summed E-state index contributed by atoms with van der Waals surface area (Å²) >= 11 is 0. The van der Waals surface area contributed by atoms with Crippen molar-refractivity contribution in [3.8, 4) is 0 Å². The highest BCUT2D eigenvalue weighted by Crippen LogP contribution is 2.21. The minimum Gasteiger partial charge on any atom is -0.392 e. The first-order chi connectivity index (χ1) is 10.5. The van der Waals surface area contributed by atoms with E-state index in [4.69, 9.17) is 0 Å². The average molecular weight is 302 g/mol. The number of rotatable bonds is 3. The molecule has 0 aliphatic carbocycles. The largest absolute Gasteiger partial charge is 0.392 e. The minimum atomic E-state index is -0.457. The van der Waals surface area contributed by atoms with Crippen LogP contribution in [0.1, 0.15) is 24.9 Å². The van der Waals surface area contributed by atoms with Gasteiger partial charge < -0.3 is 15.7 Å². The topological polar surface area (TPSA) is 61.4 Å². The van der Waals surface area contributed by atoms with Crippen molar-refractivity contribution in [3.63, 3.8) is 0 Å². The van der Waals surface area contributed by atoms with Gasteiger partial charge in [0.1, 0.15) is 5.82 Å². The number of aliphatic hydroxyl groups excluding tert-OH is 1. The SMILES string of the molecule is C[C@H](NC(=O)[C@@H]1C[C@@H](O)CN1)c1ccc2cc(F)ccc2c1. The van der Waals surface area contributed by atoms with E-state index in [0.717, 1.165) is 16.3 Å². The Morgan fingerprint density at radius 3 is 2.77 bits per heavy atom. The summed E-state index contributed by atoms with van der Waals surface area (Å²) in [7, 11) is 0. The predicted molar refractivity (Wildman–Crippen MR) is 82.9 cm³/mol. The first-order valence-corrected chi connectivity index (χ1v) is 7.44. The lowest BCUT2D eigenvalue weighted by Crippen LogP contribution is -2.41. The van der Waals surface area contributed by atoms with Gasteiger partial charge in [0.2, 0.25) is 5.91 Å². The number of hydrogen-bond acceptors (Lipinski definition) is 3. The number of aliphatic hydroxyl groups is 1. The van der Waals surface area contributed by atoms with Crippen LogP contribution >= 0.6 is 0 Å². The highest BCUT2D eigenvalue weighted by Gasteiger charge is 2.28. The molecule has 1 aliphatic rings. The van der Waals surface area contributed by atoms with Crippen molar-refractivity contribution in [2.75, 3.05) is 6.54 Å². The summed E-state index contributed by atoms with van der Waals surface area (Å²) in [6.07, 6.45) is -0.0168. The van der Waals surface area contributed by atoms with Crippen LogP contribution in [0.5, 0.6) is 0 Å². The van der Waals surface area contributed by atoms with Gasteiger partial charge in [-0.2, -0.15) is 0 Å². The Bertz CT molecular complexity index is 704. The first kappa shape index (κ1) is 14.9. The van der Waals surface area contributed by atoms with E-state index in [-0.39, 0.29) is 23.8 Å². The van der Waals surface area contributed by atoms with Crippen LogP contribution in [-0.4, -0.2) is 29.7 Å². The lowest BCUT2D eigenvalue weighted by molar-refractivity contribution is -0.123. The van der Waals surface area contributed by atoms with Crippen LogP contribution in [0.4, 0.5) is 4.39 Å².